The molecule has 0 saturated carbocycles. The molecule has 2 nitrogen and oxygen atoms in total. The molecule has 2 heterocycles. The monoisotopic (exact) mass is 289 g/mol. The minimum atomic E-state index is 0.0480. The number of carbonyl (C=O) groups is 1. The Morgan fingerprint density at radius 1 is 1.26 bits per heavy atom. The van der Waals surface area contributed by atoms with E-state index in [2.05, 4.69) is 30.4 Å². The summed E-state index contributed by atoms with van der Waals surface area (Å²) in [7, 11) is 0. The predicted octanol–water partition coefficient (Wildman–Crippen LogP) is 4.64. The Kier molecular flexibility index (Phi) is 3.29. The molecule has 1 atom stereocenters. The highest BCUT2D eigenvalue weighted by Crippen LogP contribution is 2.39. The van der Waals surface area contributed by atoms with Gasteiger partial charge in [-0.2, -0.15) is 0 Å². The van der Waals surface area contributed by atoms with Crippen LogP contribution >= 0.6 is 22.7 Å². The van der Waals surface area contributed by atoms with Gasteiger partial charge >= 0.3 is 0 Å². The number of nitrogens with one attached hydrogen (secondary N) is 1. The number of amides is 1. The third-order valence-electron chi connectivity index (χ3n) is 3.26. The fourth-order valence-corrected chi connectivity index (χ4v) is 4.44. The van der Waals surface area contributed by atoms with Gasteiger partial charge in [0.15, 0.2) is 0 Å². The largest absolute Gasteiger partial charge is 0.349 e. The smallest absolute Gasteiger partial charge is 0.261 e. The molecule has 3 rings (SSSR count). The molecule has 19 heavy (non-hydrogen) atoms. The molecule has 4 heteroatoms. The summed E-state index contributed by atoms with van der Waals surface area (Å²) in [5.74, 6) is 0.0480. The Balaban J connectivity index is 2.00. The topological polar surface area (TPSA) is 29.1 Å². The number of benzene rings is 1. The van der Waals surface area contributed by atoms with E-state index in [0.717, 1.165) is 11.3 Å². The van der Waals surface area contributed by atoms with Crippen LogP contribution in [0.5, 0.6) is 0 Å². The number of fused-ring (bicyclic) bond motifs is 3. The first-order chi connectivity index (χ1) is 9.19. The molecular weight excluding hydrogens is 274 g/mol. The van der Waals surface area contributed by atoms with E-state index in [-0.39, 0.29) is 11.9 Å². The molecule has 0 unspecified atom stereocenters. The van der Waals surface area contributed by atoms with Crippen LogP contribution in [-0.4, -0.2) is 11.9 Å². The van der Waals surface area contributed by atoms with E-state index in [1.165, 1.54) is 19.5 Å². The molecule has 0 aliphatic carbocycles. The van der Waals surface area contributed by atoms with Crippen molar-refractivity contribution in [2.24, 2.45) is 0 Å². The third kappa shape index (κ3) is 2.26. The number of thiophene rings is 2. The van der Waals surface area contributed by atoms with Crippen molar-refractivity contribution in [1.29, 1.82) is 0 Å². The lowest BCUT2D eigenvalue weighted by Crippen LogP contribution is -2.31. The molecule has 2 aromatic heterocycles. The van der Waals surface area contributed by atoms with Crippen LogP contribution in [0.3, 0.4) is 0 Å². The van der Waals surface area contributed by atoms with Crippen LogP contribution in [-0.2, 0) is 0 Å². The quantitative estimate of drug-likeness (QED) is 0.747. The Morgan fingerprint density at radius 2 is 2.05 bits per heavy atom. The van der Waals surface area contributed by atoms with Gasteiger partial charge in [0, 0.05) is 20.8 Å². The van der Waals surface area contributed by atoms with Crippen molar-refractivity contribution < 1.29 is 4.79 Å². The Labute approximate surface area is 120 Å². The molecule has 0 bridgehead atoms. The predicted molar refractivity (Wildman–Crippen MR) is 84.4 cm³/mol. The summed E-state index contributed by atoms with van der Waals surface area (Å²) < 4.78 is 3.73. The zero-order valence-electron chi connectivity index (χ0n) is 10.9. The van der Waals surface area contributed by atoms with Gasteiger partial charge in [-0.3, -0.25) is 4.79 Å². The maximum absolute atomic E-state index is 12.1. The van der Waals surface area contributed by atoms with E-state index in [1.807, 2.05) is 19.1 Å². The minimum absolute atomic E-state index is 0.0480. The molecule has 1 N–H and O–H groups in total. The van der Waals surface area contributed by atoms with Gasteiger partial charge in [-0.05, 0) is 25.5 Å². The molecule has 1 amide bonds. The van der Waals surface area contributed by atoms with Crippen LogP contribution in [0.2, 0.25) is 0 Å². The third-order valence-corrected chi connectivity index (χ3v) is 5.68. The molecule has 0 spiro atoms. The average molecular weight is 289 g/mol. The normalized spacial score (nSPS) is 12.9. The average Bonchev–Trinajstić information content (AvgIpc) is 2.95. The maximum atomic E-state index is 12.1. The fourth-order valence-electron chi connectivity index (χ4n) is 2.01. The van der Waals surface area contributed by atoms with Crippen LogP contribution < -0.4 is 5.32 Å². The summed E-state index contributed by atoms with van der Waals surface area (Å²) in [4.78, 5) is 12.9. The van der Waals surface area contributed by atoms with E-state index < -0.39 is 0 Å². The van der Waals surface area contributed by atoms with Crippen LogP contribution in [0, 0.1) is 0 Å². The summed E-state index contributed by atoms with van der Waals surface area (Å²) in [6, 6.07) is 10.6. The van der Waals surface area contributed by atoms with E-state index in [9.17, 15) is 4.79 Å². The Hall–Kier alpha value is -1.39. The highest BCUT2D eigenvalue weighted by molar-refractivity contribution is 7.33. The van der Waals surface area contributed by atoms with E-state index >= 15 is 0 Å². The highest BCUT2D eigenvalue weighted by Gasteiger charge is 2.15. The molecule has 0 saturated heterocycles. The van der Waals surface area contributed by atoms with Crippen molar-refractivity contribution in [3.05, 3.63) is 35.2 Å². The van der Waals surface area contributed by atoms with Gasteiger partial charge in [0.05, 0.1) is 9.58 Å². The lowest BCUT2D eigenvalue weighted by Gasteiger charge is -2.09. The van der Waals surface area contributed by atoms with Gasteiger partial charge in [-0.1, -0.05) is 25.1 Å². The maximum Gasteiger partial charge on any atom is 0.261 e. The number of carbonyl (C=O) groups excluding carboxylic acids is 1. The Bertz CT molecular complexity index is 741. The van der Waals surface area contributed by atoms with Crippen molar-refractivity contribution in [3.8, 4) is 0 Å². The second-order valence-electron chi connectivity index (χ2n) is 4.69. The zero-order chi connectivity index (χ0) is 13.4. The molecule has 0 fully saturated rings. The molecule has 0 aliphatic rings. The lowest BCUT2D eigenvalue weighted by molar-refractivity contribution is 0.0943. The minimum Gasteiger partial charge on any atom is -0.349 e. The molecule has 3 aromatic rings. The van der Waals surface area contributed by atoms with Crippen LogP contribution in [0.4, 0.5) is 0 Å². The standard InChI is InChI=1S/C15H15NOS2/c1-3-9(2)16-15(17)13-8-12-14(19-13)10-6-4-5-7-11(10)18-12/h4-9H,3H2,1-2H3,(H,16,17)/t9-/m0/s1. The van der Waals surface area contributed by atoms with E-state index in [1.54, 1.807) is 22.7 Å². The van der Waals surface area contributed by atoms with Crippen molar-refractivity contribution in [2.45, 2.75) is 26.3 Å². The number of hydrogen-bond donors (Lipinski definition) is 1. The van der Waals surface area contributed by atoms with Gasteiger partial charge in [0.25, 0.3) is 5.91 Å². The fraction of sp³-hybridized carbons (Fsp3) is 0.267. The molecule has 0 radical (unpaired) electrons. The lowest BCUT2D eigenvalue weighted by atomic mass is 10.2. The molecule has 98 valence electrons. The van der Waals surface area contributed by atoms with Gasteiger partial charge in [-0.25, -0.2) is 0 Å². The highest BCUT2D eigenvalue weighted by atomic mass is 32.1. The summed E-state index contributed by atoms with van der Waals surface area (Å²) in [5.41, 5.74) is 0. The van der Waals surface area contributed by atoms with Crippen molar-refractivity contribution in [1.82, 2.24) is 5.32 Å². The Morgan fingerprint density at radius 3 is 2.84 bits per heavy atom. The SMILES string of the molecule is CC[C@H](C)NC(=O)c1cc2sc3ccccc3c2s1. The van der Waals surface area contributed by atoms with Crippen molar-refractivity contribution in [2.75, 3.05) is 0 Å². The van der Waals surface area contributed by atoms with E-state index in [0.29, 0.717) is 0 Å². The number of hydrogen-bond acceptors (Lipinski definition) is 3. The second-order valence-corrected chi connectivity index (χ2v) is 6.82. The molecule has 1 aromatic carbocycles. The molecular formula is C15H15NOS2. The zero-order valence-corrected chi connectivity index (χ0v) is 12.5. The van der Waals surface area contributed by atoms with Gasteiger partial charge in [-0.15, -0.1) is 22.7 Å². The first kappa shape index (κ1) is 12.6. The molecule has 0 aliphatic heterocycles. The number of rotatable bonds is 3. The summed E-state index contributed by atoms with van der Waals surface area (Å²) in [5, 5.41) is 4.28. The van der Waals surface area contributed by atoms with Gasteiger partial charge in [0.2, 0.25) is 0 Å². The van der Waals surface area contributed by atoms with Crippen LogP contribution in [0.1, 0.15) is 29.9 Å². The van der Waals surface area contributed by atoms with Crippen LogP contribution in [0.25, 0.3) is 19.5 Å². The van der Waals surface area contributed by atoms with Crippen LogP contribution in [0.15, 0.2) is 30.3 Å². The van der Waals surface area contributed by atoms with Gasteiger partial charge in [0.1, 0.15) is 0 Å². The summed E-state index contributed by atoms with van der Waals surface area (Å²) in [6.07, 6.45) is 0.953. The van der Waals surface area contributed by atoms with Crippen molar-refractivity contribution in [3.63, 3.8) is 0 Å². The first-order valence-electron chi connectivity index (χ1n) is 6.41. The van der Waals surface area contributed by atoms with Crippen molar-refractivity contribution >= 4 is 48.1 Å². The van der Waals surface area contributed by atoms with E-state index in [4.69, 9.17) is 0 Å². The first-order valence-corrected chi connectivity index (χ1v) is 8.04. The second kappa shape index (κ2) is 4.94. The summed E-state index contributed by atoms with van der Waals surface area (Å²) in [6.45, 7) is 4.11. The summed E-state index contributed by atoms with van der Waals surface area (Å²) >= 11 is 3.35. The van der Waals surface area contributed by atoms with Gasteiger partial charge < -0.3 is 5.32 Å².